The lowest BCUT2D eigenvalue weighted by molar-refractivity contribution is 0.134. The summed E-state index contributed by atoms with van der Waals surface area (Å²) in [4.78, 5) is 2.65. The predicted molar refractivity (Wildman–Crippen MR) is 104 cm³/mol. The zero-order valence-electron chi connectivity index (χ0n) is 14.7. The highest BCUT2D eigenvalue weighted by molar-refractivity contribution is 7.71. The van der Waals surface area contributed by atoms with Crippen molar-refractivity contribution in [2.45, 2.75) is 70.7 Å². The van der Waals surface area contributed by atoms with Gasteiger partial charge in [0.15, 0.2) is 10.6 Å². The first-order valence-electron chi connectivity index (χ1n) is 9.36. The van der Waals surface area contributed by atoms with Crippen LogP contribution < -0.4 is 0 Å². The molecule has 2 aromatic rings. The summed E-state index contributed by atoms with van der Waals surface area (Å²) in [5.41, 5.74) is 1.06. The zero-order valence-corrected chi connectivity index (χ0v) is 16.3. The van der Waals surface area contributed by atoms with Crippen molar-refractivity contribution in [1.29, 1.82) is 0 Å². The molecule has 1 aromatic heterocycles. The number of halogens is 1. The Hall–Kier alpha value is -1.17. The molecule has 0 spiro atoms. The highest BCUT2D eigenvalue weighted by Gasteiger charge is 2.35. The van der Waals surface area contributed by atoms with Crippen molar-refractivity contribution in [2.24, 2.45) is 0 Å². The minimum atomic E-state index is 0.708. The summed E-state index contributed by atoms with van der Waals surface area (Å²) in [6.45, 7) is 3.77. The maximum atomic E-state index is 6.03. The topological polar surface area (TPSA) is 26.0 Å². The Morgan fingerprint density at radius 3 is 2.36 bits per heavy atom. The summed E-state index contributed by atoms with van der Waals surface area (Å²) in [6, 6.07) is 9.30. The van der Waals surface area contributed by atoms with Crippen LogP contribution in [0.1, 0.15) is 45.4 Å². The van der Waals surface area contributed by atoms with Gasteiger partial charge in [-0.3, -0.25) is 4.90 Å². The fourth-order valence-electron chi connectivity index (χ4n) is 3.96. The number of benzene rings is 1. The Bertz CT molecular complexity index is 785. The number of hydrogen-bond acceptors (Lipinski definition) is 3. The van der Waals surface area contributed by atoms with E-state index in [-0.39, 0.29) is 0 Å². The molecule has 6 heteroatoms. The molecular weight excluding hydrogens is 352 g/mol. The molecule has 0 unspecified atom stereocenters. The number of nitrogens with zero attached hydrogens (tertiary/aromatic N) is 4. The molecule has 0 N–H and O–H groups in total. The van der Waals surface area contributed by atoms with E-state index in [0.717, 1.165) is 40.4 Å². The van der Waals surface area contributed by atoms with Crippen LogP contribution in [0.3, 0.4) is 0 Å². The van der Waals surface area contributed by atoms with Crippen molar-refractivity contribution in [3.05, 3.63) is 34.1 Å². The third-order valence-corrected chi connectivity index (χ3v) is 6.13. The summed E-state index contributed by atoms with van der Waals surface area (Å²) in [5, 5.41) is 5.63. The SMILES string of the molecule is CCn1c(-c2ccc(Cl)cc2)nn(CN(C2CCCC2)C2CC2)c1=S. The summed E-state index contributed by atoms with van der Waals surface area (Å²) >= 11 is 11.8. The van der Waals surface area contributed by atoms with Crippen molar-refractivity contribution in [3.63, 3.8) is 0 Å². The number of aromatic nitrogens is 3. The van der Waals surface area contributed by atoms with Gasteiger partial charge in [0, 0.05) is 29.2 Å². The molecule has 2 aliphatic carbocycles. The molecule has 4 nitrogen and oxygen atoms in total. The van der Waals surface area contributed by atoms with Gasteiger partial charge in [-0.1, -0.05) is 24.4 Å². The molecule has 25 heavy (non-hydrogen) atoms. The molecule has 0 amide bonds. The van der Waals surface area contributed by atoms with E-state index < -0.39 is 0 Å². The van der Waals surface area contributed by atoms with Crippen LogP contribution in [0.5, 0.6) is 0 Å². The third-order valence-electron chi connectivity index (χ3n) is 5.45. The van der Waals surface area contributed by atoms with Crippen LogP contribution >= 0.6 is 23.8 Å². The highest BCUT2D eigenvalue weighted by atomic mass is 35.5. The Morgan fingerprint density at radius 1 is 1.12 bits per heavy atom. The molecule has 2 fully saturated rings. The van der Waals surface area contributed by atoms with Gasteiger partial charge < -0.3 is 4.57 Å². The fraction of sp³-hybridized carbons (Fsp3) is 0.579. The minimum absolute atomic E-state index is 0.708. The summed E-state index contributed by atoms with van der Waals surface area (Å²) in [6.07, 6.45) is 8.01. The standard InChI is InChI=1S/C19H25ClN4S/c1-2-22-18(14-7-9-15(20)10-8-14)21-24(19(22)25)13-23(17-11-12-17)16-5-3-4-6-16/h7-10,16-17H,2-6,11-13H2,1H3. The third kappa shape index (κ3) is 3.55. The Morgan fingerprint density at radius 2 is 1.76 bits per heavy atom. The van der Waals surface area contributed by atoms with E-state index in [2.05, 4.69) is 16.4 Å². The van der Waals surface area contributed by atoms with E-state index >= 15 is 0 Å². The summed E-state index contributed by atoms with van der Waals surface area (Å²) in [7, 11) is 0. The lowest BCUT2D eigenvalue weighted by Gasteiger charge is -2.28. The summed E-state index contributed by atoms with van der Waals surface area (Å²) < 4.78 is 4.97. The maximum absolute atomic E-state index is 6.03. The second-order valence-electron chi connectivity index (χ2n) is 7.18. The van der Waals surface area contributed by atoms with Crippen LogP contribution in [-0.4, -0.2) is 31.3 Å². The van der Waals surface area contributed by atoms with Gasteiger partial charge in [0.2, 0.25) is 0 Å². The zero-order chi connectivity index (χ0) is 17.4. The monoisotopic (exact) mass is 376 g/mol. The maximum Gasteiger partial charge on any atom is 0.199 e. The van der Waals surface area contributed by atoms with Gasteiger partial charge in [-0.05, 0) is 69.1 Å². The first kappa shape index (κ1) is 17.3. The van der Waals surface area contributed by atoms with Crippen LogP contribution in [0, 0.1) is 4.77 Å². The Kier molecular flexibility index (Phi) is 4.98. The molecule has 1 aromatic carbocycles. The molecule has 0 aliphatic heterocycles. The second kappa shape index (κ2) is 7.22. The average Bonchev–Trinajstić information content (AvgIpc) is 3.21. The van der Waals surface area contributed by atoms with E-state index in [1.807, 2.05) is 28.9 Å². The van der Waals surface area contributed by atoms with E-state index in [0.29, 0.717) is 6.04 Å². The molecule has 0 radical (unpaired) electrons. The van der Waals surface area contributed by atoms with Crippen LogP contribution in [0.4, 0.5) is 0 Å². The second-order valence-corrected chi connectivity index (χ2v) is 7.98. The van der Waals surface area contributed by atoms with Gasteiger partial charge in [0.05, 0.1) is 6.67 Å². The van der Waals surface area contributed by atoms with Crippen molar-refractivity contribution < 1.29 is 0 Å². The van der Waals surface area contributed by atoms with Crippen LogP contribution in [0.2, 0.25) is 5.02 Å². The molecular formula is C19H25ClN4S. The first-order chi connectivity index (χ1) is 12.2. The van der Waals surface area contributed by atoms with Crippen molar-refractivity contribution in [2.75, 3.05) is 0 Å². The lowest BCUT2D eigenvalue weighted by Crippen LogP contribution is -2.37. The quantitative estimate of drug-likeness (QED) is 0.654. The average molecular weight is 377 g/mol. The molecule has 134 valence electrons. The number of hydrogen-bond donors (Lipinski definition) is 0. The van der Waals surface area contributed by atoms with Crippen molar-refractivity contribution in [3.8, 4) is 11.4 Å². The van der Waals surface area contributed by atoms with E-state index in [4.69, 9.17) is 28.9 Å². The van der Waals surface area contributed by atoms with Crippen molar-refractivity contribution in [1.82, 2.24) is 19.2 Å². The molecule has 0 saturated heterocycles. The van der Waals surface area contributed by atoms with E-state index in [9.17, 15) is 0 Å². The van der Waals surface area contributed by atoms with Crippen molar-refractivity contribution >= 4 is 23.8 Å². The predicted octanol–water partition coefficient (Wildman–Crippen LogP) is 5.12. The summed E-state index contributed by atoms with van der Waals surface area (Å²) in [5.74, 6) is 0.936. The van der Waals surface area contributed by atoms with Gasteiger partial charge in [0.25, 0.3) is 0 Å². The van der Waals surface area contributed by atoms with Gasteiger partial charge >= 0.3 is 0 Å². The molecule has 2 saturated carbocycles. The van der Waals surface area contributed by atoms with Crippen LogP contribution in [0.25, 0.3) is 11.4 Å². The largest absolute Gasteiger partial charge is 0.300 e. The Labute approximate surface area is 159 Å². The van der Waals surface area contributed by atoms with Gasteiger partial charge in [-0.2, -0.15) is 5.10 Å². The minimum Gasteiger partial charge on any atom is -0.300 e. The molecule has 2 aliphatic rings. The lowest BCUT2D eigenvalue weighted by atomic mass is 10.2. The van der Waals surface area contributed by atoms with Gasteiger partial charge in [-0.25, -0.2) is 4.68 Å². The van der Waals surface area contributed by atoms with Crippen LogP contribution in [0.15, 0.2) is 24.3 Å². The normalized spacial score (nSPS) is 18.4. The Balaban J connectivity index is 1.65. The van der Waals surface area contributed by atoms with Crippen LogP contribution in [-0.2, 0) is 13.2 Å². The highest BCUT2D eigenvalue weighted by Crippen LogP contribution is 2.35. The van der Waals surface area contributed by atoms with E-state index in [1.165, 1.54) is 38.5 Å². The molecule has 0 bridgehead atoms. The fourth-order valence-corrected chi connectivity index (χ4v) is 4.40. The van der Waals surface area contributed by atoms with Gasteiger partial charge in [0.1, 0.15) is 0 Å². The smallest absolute Gasteiger partial charge is 0.199 e. The number of rotatable bonds is 6. The molecule has 4 rings (SSSR count). The van der Waals surface area contributed by atoms with E-state index in [1.54, 1.807) is 0 Å². The molecule has 0 atom stereocenters. The molecule has 1 heterocycles. The first-order valence-corrected chi connectivity index (χ1v) is 10.2. The van der Waals surface area contributed by atoms with Gasteiger partial charge in [-0.15, -0.1) is 0 Å².